The average molecular weight is 262 g/mol. The summed E-state index contributed by atoms with van der Waals surface area (Å²) < 4.78 is 0. The van der Waals surface area contributed by atoms with Gasteiger partial charge in [-0.15, -0.1) is 0 Å². The predicted octanol–water partition coefficient (Wildman–Crippen LogP) is 4.20. The van der Waals surface area contributed by atoms with E-state index < -0.39 is 0 Å². The summed E-state index contributed by atoms with van der Waals surface area (Å²) in [5, 5.41) is 4.51. The van der Waals surface area contributed by atoms with E-state index in [1.165, 1.54) is 18.4 Å². The molecule has 0 amide bonds. The summed E-state index contributed by atoms with van der Waals surface area (Å²) >= 11 is 6.23. The molecule has 1 nitrogen and oxygen atoms in total. The van der Waals surface area contributed by atoms with Crippen molar-refractivity contribution in [1.82, 2.24) is 5.32 Å². The van der Waals surface area contributed by atoms with Crippen LogP contribution >= 0.6 is 11.6 Å². The molecule has 1 fully saturated rings. The summed E-state index contributed by atoms with van der Waals surface area (Å²) in [5.41, 5.74) is 1.21. The van der Waals surface area contributed by atoms with E-state index in [2.05, 4.69) is 36.5 Å². The SMILES string of the molecule is CC(NCC1CC2C=CC1C2)c1ccccc1Cl. The van der Waals surface area contributed by atoms with Gasteiger partial charge in [0.15, 0.2) is 0 Å². The highest BCUT2D eigenvalue weighted by Gasteiger charge is 2.35. The Morgan fingerprint density at radius 3 is 2.78 bits per heavy atom. The van der Waals surface area contributed by atoms with Gasteiger partial charge in [-0.1, -0.05) is 42.0 Å². The molecule has 96 valence electrons. The molecule has 2 bridgehead atoms. The van der Waals surface area contributed by atoms with E-state index in [0.29, 0.717) is 6.04 Å². The van der Waals surface area contributed by atoms with Crippen LogP contribution in [-0.4, -0.2) is 6.54 Å². The second-order valence-corrected chi connectivity index (χ2v) is 6.10. The van der Waals surface area contributed by atoms with Crippen LogP contribution in [0.5, 0.6) is 0 Å². The molecular formula is C16H20ClN. The van der Waals surface area contributed by atoms with Gasteiger partial charge in [0.25, 0.3) is 0 Å². The molecule has 1 saturated carbocycles. The van der Waals surface area contributed by atoms with Gasteiger partial charge in [0.2, 0.25) is 0 Å². The lowest BCUT2D eigenvalue weighted by atomic mass is 9.93. The number of allylic oxidation sites excluding steroid dienone is 2. The van der Waals surface area contributed by atoms with Gasteiger partial charge >= 0.3 is 0 Å². The molecule has 1 aromatic rings. The summed E-state index contributed by atoms with van der Waals surface area (Å²) in [6, 6.07) is 8.46. The Kier molecular flexibility index (Phi) is 3.45. The molecule has 0 aromatic heterocycles. The first-order valence-electron chi connectivity index (χ1n) is 6.90. The van der Waals surface area contributed by atoms with Gasteiger partial charge < -0.3 is 5.32 Å². The molecule has 0 saturated heterocycles. The largest absolute Gasteiger partial charge is 0.310 e. The van der Waals surface area contributed by atoms with Crippen LogP contribution in [0, 0.1) is 17.8 Å². The molecule has 0 heterocycles. The van der Waals surface area contributed by atoms with Gasteiger partial charge in [0, 0.05) is 11.1 Å². The lowest BCUT2D eigenvalue weighted by Gasteiger charge is -2.22. The monoisotopic (exact) mass is 261 g/mol. The zero-order valence-corrected chi connectivity index (χ0v) is 11.5. The summed E-state index contributed by atoms with van der Waals surface area (Å²) in [4.78, 5) is 0. The van der Waals surface area contributed by atoms with Crippen LogP contribution in [0.25, 0.3) is 0 Å². The zero-order valence-electron chi connectivity index (χ0n) is 10.8. The van der Waals surface area contributed by atoms with Crippen LogP contribution < -0.4 is 5.32 Å². The number of halogens is 1. The van der Waals surface area contributed by atoms with E-state index in [9.17, 15) is 0 Å². The maximum absolute atomic E-state index is 6.23. The number of nitrogens with one attached hydrogen (secondary N) is 1. The first-order valence-corrected chi connectivity index (χ1v) is 7.28. The van der Waals surface area contributed by atoms with Crippen molar-refractivity contribution >= 4 is 11.6 Å². The molecule has 18 heavy (non-hydrogen) atoms. The first-order chi connectivity index (χ1) is 8.74. The number of rotatable bonds is 4. The fourth-order valence-corrected chi connectivity index (χ4v) is 3.69. The molecule has 1 N–H and O–H groups in total. The smallest absolute Gasteiger partial charge is 0.0453 e. The quantitative estimate of drug-likeness (QED) is 0.801. The summed E-state index contributed by atoms with van der Waals surface area (Å²) in [7, 11) is 0. The van der Waals surface area contributed by atoms with Crippen molar-refractivity contribution in [2.24, 2.45) is 17.8 Å². The summed E-state index contributed by atoms with van der Waals surface area (Å²) in [6.07, 6.45) is 7.57. The van der Waals surface area contributed by atoms with E-state index in [-0.39, 0.29) is 0 Å². The summed E-state index contributed by atoms with van der Waals surface area (Å²) in [5.74, 6) is 2.50. The van der Waals surface area contributed by atoms with Gasteiger partial charge in [-0.25, -0.2) is 0 Å². The molecule has 2 aliphatic rings. The van der Waals surface area contributed by atoms with Gasteiger partial charge in [0.1, 0.15) is 0 Å². The Labute approximate surface area is 114 Å². The van der Waals surface area contributed by atoms with Crippen molar-refractivity contribution in [3.8, 4) is 0 Å². The Balaban J connectivity index is 1.57. The van der Waals surface area contributed by atoms with Crippen molar-refractivity contribution < 1.29 is 0 Å². The highest BCUT2D eigenvalue weighted by Crippen LogP contribution is 2.43. The van der Waals surface area contributed by atoms with E-state index in [1.807, 2.05) is 12.1 Å². The van der Waals surface area contributed by atoms with E-state index in [0.717, 1.165) is 29.3 Å². The Hall–Kier alpha value is -0.790. The molecule has 2 heteroatoms. The minimum atomic E-state index is 0.335. The van der Waals surface area contributed by atoms with Crippen LogP contribution in [-0.2, 0) is 0 Å². The molecular weight excluding hydrogens is 242 g/mol. The van der Waals surface area contributed by atoms with E-state index in [4.69, 9.17) is 11.6 Å². The van der Waals surface area contributed by atoms with Crippen LogP contribution in [0.4, 0.5) is 0 Å². The molecule has 4 atom stereocenters. The van der Waals surface area contributed by atoms with E-state index in [1.54, 1.807) is 0 Å². The predicted molar refractivity (Wildman–Crippen MR) is 76.7 cm³/mol. The van der Waals surface area contributed by atoms with Gasteiger partial charge in [-0.05, 0) is 55.7 Å². The minimum Gasteiger partial charge on any atom is -0.310 e. The van der Waals surface area contributed by atoms with Crippen molar-refractivity contribution in [2.45, 2.75) is 25.8 Å². The van der Waals surface area contributed by atoms with E-state index >= 15 is 0 Å². The normalized spacial score (nSPS) is 30.9. The van der Waals surface area contributed by atoms with Gasteiger partial charge in [-0.2, -0.15) is 0 Å². The Bertz CT molecular complexity index is 454. The average Bonchev–Trinajstić information content (AvgIpc) is 2.98. The molecule has 1 aromatic carbocycles. The fourth-order valence-electron chi connectivity index (χ4n) is 3.39. The van der Waals surface area contributed by atoms with Gasteiger partial charge in [0.05, 0.1) is 0 Å². The molecule has 3 rings (SSSR count). The highest BCUT2D eigenvalue weighted by molar-refractivity contribution is 6.31. The number of fused-ring (bicyclic) bond motifs is 2. The molecule has 4 unspecified atom stereocenters. The number of hydrogen-bond donors (Lipinski definition) is 1. The third-order valence-electron chi connectivity index (χ3n) is 4.47. The van der Waals surface area contributed by atoms with Crippen LogP contribution in [0.1, 0.15) is 31.4 Å². The fraction of sp³-hybridized carbons (Fsp3) is 0.500. The standard InChI is InChI=1S/C16H20ClN/c1-11(15-4-2-3-5-16(15)17)18-10-14-9-12-6-7-13(14)8-12/h2-7,11-14,18H,8-10H2,1H3. The maximum atomic E-state index is 6.23. The molecule has 0 radical (unpaired) electrons. The highest BCUT2D eigenvalue weighted by atomic mass is 35.5. The Morgan fingerprint density at radius 1 is 1.28 bits per heavy atom. The van der Waals surface area contributed by atoms with Gasteiger partial charge in [-0.3, -0.25) is 0 Å². The second-order valence-electron chi connectivity index (χ2n) is 5.69. The van der Waals surface area contributed by atoms with Crippen LogP contribution in [0.2, 0.25) is 5.02 Å². The zero-order chi connectivity index (χ0) is 12.5. The van der Waals surface area contributed by atoms with Crippen molar-refractivity contribution in [2.75, 3.05) is 6.54 Å². The maximum Gasteiger partial charge on any atom is 0.0453 e. The lowest BCUT2D eigenvalue weighted by molar-refractivity contribution is 0.393. The third kappa shape index (κ3) is 2.34. The van der Waals surface area contributed by atoms with Crippen LogP contribution in [0.15, 0.2) is 36.4 Å². The number of benzene rings is 1. The van der Waals surface area contributed by atoms with Crippen molar-refractivity contribution in [1.29, 1.82) is 0 Å². The third-order valence-corrected chi connectivity index (χ3v) is 4.82. The topological polar surface area (TPSA) is 12.0 Å². The minimum absolute atomic E-state index is 0.335. The van der Waals surface area contributed by atoms with Crippen LogP contribution in [0.3, 0.4) is 0 Å². The number of hydrogen-bond acceptors (Lipinski definition) is 1. The molecule has 0 spiro atoms. The van der Waals surface area contributed by atoms with Crippen molar-refractivity contribution in [3.05, 3.63) is 47.0 Å². The summed E-state index contributed by atoms with van der Waals surface area (Å²) in [6.45, 7) is 3.31. The molecule has 2 aliphatic carbocycles. The Morgan fingerprint density at radius 2 is 2.11 bits per heavy atom. The molecule has 0 aliphatic heterocycles. The van der Waals surface area contributed by atoms with Crippen molar-refractivity contribution in [3.63, 3.8) is 0 Å². The second kappa shape index (κ2) is 5.07. The first kappa shape index (κ1) is 12.3. The lowest BCUT2D eigenvalue weighted by Crippen LogP contribution is -2.28.